The highest BCUT2D eigenvalue weighted by molar-refractivity contribution is 5.62. The van der Waals surface area contributed by atoms with Crippen LogP contribution < -0.4 is 10.1 Å². The van der Waals surface area contributed by atoms with Gasteiger partial charge in [-0.1, -0.05) is 42.5 Å². The van der Waals surface area contributed by atoms with Gasteiger partial charge in [-0.15, -0.1) is 0 Å². The number of hydrogen-bond acceptors (Lipinski definition) is 5. The largest absolute Gasteiger partial charge is 0.497 e. The van der Waals surface area contributed by atoms with Crippen molar-refractivity contribution in [1.29, 1.82) is 0 Å². The number of nitrogens with zero attached hydrogens (tertiary/aromatic N) is 2. The predicted molar refractivity (Wildman–Crippen MR) is 114 cm³/mol. The summed E-state index contributed by atoms with van der Waals surface area (Å²) in [5.41, 5.74) is 4.69. The number of aromatic amines is 1. The minimum atomic E-state index is 0.289. The van der Waals surface area contributed by atoms with E-state index < -0.39 is 0 Å². The minimum absolute atomic E-state index is 0.289. The molecule has 6 nitrogen and oxygen atoms in total. The van der Waals surface area contributed by atoms with Crippen LogP contribution in [-0.2, 0) is 11.3 Å². The maximum absolute atomic E-state index is 5.56. The van der Waals surface area contributed by atoms with Crippen LogP contribution in [0.15, 0.2) is 60.8 Å². The van der Waals surface area contributed by atoms with E-state index in [0.29, 0.717) is 0 Å². The lowest BCUT2D eigenvalue weighted by Gasteiger charge is -2.35. The number of morpholine rings is 1. The highest BCUT2D eigenvalue weighted by Crippen LogP contribution is 2.25. The van der Waals surface area contributed by atoms with E-state index >= 15 is 0 Å². The molecule has 0 radical (unpaired) electrons. The van der Waals surface area contributed by atoms with E-state index in [-0.39, 0.29) is 6.04 Å². The molecule has 1 unspecified atom stereocenters. The molecule has 1 atom stereocenters. The van der Waals surface area contributed by atoms with Crippen LogP contribution in [0.1, 0.15) is 17.2 Å². The Labute approximate surface area is 171 Å². The van der Waals surface area contributed by atoms with Gasteiger partial charge >= 0.3 is 0 Å². The third-order valence-electron chi connectivity index (χ3n) is 5.42. The number of H-pyrrole nitrogens is 1. The molecule has 1 aliphatic rings. The first-order chi connectivity index (χ1) is 14.3. The summed E-state index contributed by atoms with van der Waals surface area (Å²) in [4.78, 5) is 2.49. The standard InChI is InChI=1S/C23H28N4O2/c1-28-21-9-7-18(8-10-21)22(27-11-13-29-14-12-27)17-24-15-20-16-25-26-23(20)19-5-3-2-4-6-19/h2-10,16,22,24H,11-15,17H2,1H3,(H,25,26). The van der Waals surface area contributed by atoms with Gasteiger partial charge in [0.25, 0.3) is 0 Å². The second-order valence-electron chi connectivity index (χ2n) is 7.20. The third-order valence-corrected chi connectivity index (χ3v) is 5.42. The Morgan fingerprint density at radius 3 is 2.59 bits per heavy atom. The van der Waals surface area contributed by atoms with Crippen molar-refractivity contribution in [3.05, 3.63) is 71.9 Å². The van der Waals surface area contributed by atoms with Crippen molar-refractivity contribution < 1.29 is 9.47 Å². The zero-order valence-corrected chi connectivity index (χ0v) is 16.8. The molecule has 1 aliphatic heterocycles. The SMILES string of the molecule is COc1ccc(C(CNCc2cn[nH]c2-c2ccccc2)N2CCOCC2)cc1. The molecule has 1 aromatic heterocycles. The summed E-state index contributed by atoms with van der Waals surface area (Å²) in [5.74, 6) is 0.883. The van der Waals surface area contributed by atoms with Crippen LogP contribution >= 0.6 is 0 Å². The highest BCUT2D eigenvalue weighted by Gasteiger charge is 2.22. The van der Waals surface area contributed by atoms with Gasteiger partial charge in [-0.3, -0.25) is 10.00 Å². The van der Waals surface area contributed by atoms with E-state index in [4.69, 9.17) is 9.47 Å². The molecule has 3 aromatic rings. The van der Waals surface area contributed by atoms with Gasteiger partial charge < -0.3 is 14.8 Å². The van der Waals surface area contributed by atoms with Gasteiger partial charge in [0.2, 0.25) is 0 Å². The van der Waals surface area contributed by atoms with Crippen LogP contribution in [0.25, 0.3) is 11.3 Å². The van der Waals surface area contributed by atoms with E-state index in [9.17, 15) is 0 Å². The van der Waals surface area contributed by atoms with Crippen molar-refractivity contribution in [2.45, 2.75) is 12.6 Å². The molecule has 4 rings (SSSR count). The van der Waals surface area contributed by atoms with E-state index in [1.165, 1.54) is 11.1 Å². The summed E-state index contributed by atoms with van der Waals surface area (Å²) < 4.78 is 10.9. The monoisotopic (exact) mass is 392 g/mol. The van der Waals surface area contributed by atoms with Crippen LogP contribution in [-0.4, -0.2) is 55.1 Å². The normalized spacial score (nSPS) is 15.9. The molecule has 0 saturated carbocycles. The van der Waals surface area contributed by atoms with E-state index in [1.54, 1.807) is 7.11 Å². The molecule has 2 heterocycles. The minimum Gasteiger partial charge on any atom is -0.497 e. The topological polar surface area (TPSA) is 62.4 Å². The van der Waals surface area contributed by atoms with Crippen molar-refractivity contribution in [2.75, 3.05) is 40.0 Å². The van der Waals surface area contributed by atoms with E-state index in [0.717, 1.165) is 56.4 Å². The van der Waals surface area contributed by atoms with E-state index in [1.807, 2.05) is 36.5 Å². The van der Waals surface area contributed by atoms with Crippen molar-refractivity contribution in [1.82, 2.24) is 20.4 Å². The van der Waals surface area contributed by atoms with Gasteiger partial charge in [-0.25, -0.2) is 0 Å². The van der Waals surface area contributed by atoms with Gasteiger partial charge in [0.1, 0.15) is 5.75 Å². The summed E-state index contributed by atoms with van der Waals surface area (Å²) in [6, 6.07) is 19.0. The zero-order valence-electron chi connectivity index (χ0n) is 16.8. The molecular weight excluding hydrogens is 364 g/mol. The lowest BCUT2D eigenvalue weighted by atomic mass is 10.0. The van der Waals surface area contributed by atoms with Gasteiger partial charge in [-0.05, 0) is 23.3 Å². The second-order valence-corrected chi connectivity index (χ2v) is 7.20. The molecule has 0 aliphatic carbocycles. The maximum atomic E-state index is 5.56. The van der Waals surface area contributed by atoms with Gasteiger partial charge in [0.15, 0.2) is 0 Å². The molecule has 152 valence electrons. The Balaban J connectivity index is 1.45. The fourth-order valence-corrected chi connectivity index (χ4v) is 3.82. The Kier molecular flexibility index (Phi) is 6.56. The zero-order chi connectivity index (χ0) is 19.9. The number of aromatic nitrogens is 2. The fourth-order valence-electron chi connectivity index (χ4n) is 3.82. The fraction of sp³-hybridized carbons (Fsp3) is 0.348. The Bertz CT molecular complexity index is 873. The summed E-state index contributed by atoms with van der Waals surface area (Å²) >= 11 is 0. The predicted octanol–water partition coefficient (Wildman–Crippen LogP) is 3.25. The number of ether oxygens (including phenoxy) is 2. The Hall–Kier alpha value is -2.67. The number of nitrogens with one attached hydrogen (secondary N) is 2. The van der Waals surface area contributed by atoms with Crippen molar-refractivity contribution in [3.63, 3.8) is 0 Å². The average molecular weight is 393 g/mol. The number of rotatable bonds is 8. The smallest absolute Gasteiger partial charge is 0.118 e. The Morgan fingerprint density at radius 1 is 1.10 bits per heavy atom. The molecule has 29 heavy (non-hydrogen) atoms. The van der Waals surface area contributed by atoms with Gasteiger partial charge in [-0.2, -0.15) is 5.10 Å². The highest BCUT2D eigenvalue weighted by atomic mass is 16.5. The molecule has 0 amide bonds. The van der Waals surface area contributed by atoms with E-state index in [2.05, 4.69) is 44.7 Å². The summed E-state index contributed by atoms with van der Waals surface area (Å²) in [7, 11) is 1.70. The Morgan fingerprint density at radius 2 is 1.86 bits per heavy atom. The summed E-state index contributed by atoms with van der Waals surface area (Å²) in [5, 5.41) is 11.0. The van der Waals surface area contributed by atoms with Gasteiger partial charge in [0.05, 0.1) is 32.2 Å². The molecule has 1 saturated heterocycles. The molecule has 0 spiro atoms. The second kappa shape index (κ2) is 9.69. The first-order valence-corrected chi connectivity index (χ1v) is 10.1. The molecule has 6 heteroatoms. The molecule has 0 bridgehead atoms. The van der Waals surface area contributed by atoms with Gasteiger partial charge in [0, 0.05) is 37.8 Å². The quantitative estimate of drug-likeness (QED) is 0.616. The van der Waals surface area contributed by atoms with Crippen LogP contribution in [0.3, 0.4) is 0 Å². The van der Waals surface area contributed by atoms with Crippen LogP contribution in [0, 0.1) is 0 Å². The number of methoxy groups -OCH3 is 1. The number of hydrogen-bond donors (Lipinski definition) is 2. The lowest BCUT2D eigenvalue weighted by Crippen LogP contribution is -2.42. The van der Waals surface area contributed by atoms with Crippen LogP contribution in [0.5, 0.6) is 5.75 Å². The molecule has 1 fully saturated rings. The lowest BCUT2D eigenvalue weighted by molar-refractivity contribution is 0.0161. The van der Waals surface area contributed by atoms with Crippen molar-refractivity contribution in [3.8, 4) is 17.0 Å². The van der Waals surface area contributed by atoms with Crippen molar-refractivity contribution >= 4 is 0 Å². The molecule has 2 N–H and O–H groups in total. The summed E-state index contributed by atoms with van der Waals surface area (Å²) in [6.45, 7) is 5.07. The molecular formula is C23H28N4O2. The first-order valence-electron chi connectivity index (χ1n) is 10.1. The third kappa shape index (κ3) is 4.85. The molecule has 2 aromatic carbocycles. The maximum Gasteiger partial charge on any atom is 0.118 e. The first kappa shape index (κ1) is 19.6. The van der Waals surface area contributed by atoms with Crippen LogP contribution in [0.2, 0.25) is 0 Å². The van der Waals surface area contributed by atoms with Crippen LogP contribution in [0.4, 0.5) is 0 Å². The average Bonchev–Trinajstić information content (AvgIpc) is 3.27. The summed E-state index contributed by atoms with van der Waals surface area (Å²) in [6.07, 6.45) is 1.91. The number of benzene rings is 2. The van der Waals surface area contributed by atoms with Crippen molar-refractivity contribution in [2.24, 2.45) is 0 Å².